The van der Waals surface area contributed by atoms with E-state index >= 15 is 0 Å². The van der Waals surface area contributed by atoms with E-state index in [0.29, 0.717) is 6.04 Å². The van der Waals surface area contributed by atoms with E-state index < -0.39 is 0 Å². The van der Waals surface area contributed by atoms with Crippen LogP contribution in [0.5, 0.6) is 0 Å². The molecule has 1 heterocycles. The third-order valence-corrected chi connectivity index (χ3v) is 3.09. The predicted octanol–water partition coefficient (Wildman–Crippen LogP) is 4.15. The molecule has 3 nitrogen and oxygen atoms in total. The average molecular weight is 237 g/mol. The van der Waals surface area contributed by atoms with Crippen molar-refractivity contribution in [3.05, 3.63) is 11.9 Å². The number of hydrogen-bond donors (Lipinski definition) is 1. The van der Waals surface area contributed by atoms with Gasteiger partial charge in [-0.25, -0.2) is 4.98 Å². The van der Waals surface area contributed by atoms with Gasteiger partial charge in [0.2, 0.25) is 5.95 Å². The first-order valence-corrected chi connectivity index (χ1v) is 6.98. The van der Waals surface area contributed by atoms with Gasteiger partial charge in [0.05, 0.1) is 5.69 Å². The van der Waals surface area contributed by atoms with Gasteiger partial charge in [0.1, 0.15) is 0 Å². The van der Waals surface area contributed by atoms with Crippen LogP contribution in [0.15, 0.2) is 6.20 Å². The van der Waals surface area contributed by atoms with Crippen molar-refractivity contribution >= 4 is 5.95 Å². The summed E-state index contributed by atoms with van der Waals surface area (Å²) in [6, 6.07) is 0.544. The number of imidazole rings is 1. The van der Waals surface area contributed by atoms with Gasteiger partial charge in [0.25, 0.3) is 0 Å². The highest BCUT2D eigenvalue weighted by Crippen LogP contribution is 2.21. The second kappa shape index (κ2) is 7.36. The van der Waals surface area contributed by atoms with Crippen LogP contribution in [0.25, 0.3) is 0 Å². The van der Waals surface area contributed by atoms with Crippen LogP contribution in [-0.2, 0) is 0 Å². The Kier molecular flexibility index (Phi) is 6.09. The minimum absolute atomic E-state index is 0.544. The minimum Gasteiger partial charge on any atom is -0.356 e. The molecule has 0 bridgehead atoms. The summed E-state index contributed by atoms with van der Waals surface area (Å²) in [4.78, 5) is 4.55. The van der Waals surface area contributed by atoms with Crippen molar-refractivity contribution in [2.24, 2.45) is 0 Å². The maximum atomic E-state index is 4.55. The number of aromatic nitrogens is 2. The van der Waals surface area contributed by atoms with Crippen LogP contribution in [-0.4, -0.2) is 16.1 Å². The summed E-state index contributed by atoms with van der Waals surface area (Å²) >= 11 is 0. The lowest BCUT2D eigenvalue weighted by Crippen LogP contribution is -2.11. The van der Waals surface area contributed by atoms with Crippen LogP contribution in [0, 0.1) is 6.92 Å². The van der Waals surface area contributed by atoms with Crippen LogP contribution in [0.3, 0.4) is 0 Å². The molecule has 0 aliphatic heterocycles. The highest BCUT2D eigenvalue weighted by Gasteiger charge is 2.10. The molecule has 0 radical (unpaired) electrons. The molecule has 0 aliphatic rings. The highest BCUT2D eigenvalue weighted by molar-refractivity contribution is 5.29. The maximum absolute atomic E-state index is 4.55. The average Bonchev–Trinajstić information content (AvgIpc) is 2.68. The summed E-state index contributed by atoms with van der Waals surface area (Å²) in [5, 5.41) is 3.41. The topological polar surface area (TPSA) is 29.9 Å². The number of hydrogen-bond acceptors (Lipinski definition) is 2. The van der Waals surface area contributed by atoms with E-state index in [0.717, 1.165) is 24.6 Å². The van der Waals surface area contributed by atoms with Crippen LogP contribution < -0.4 is 5.32 Å². The third kappa shape index (κ3) is 4.41. The number of rotatable bonds is 8. The van der Waals surface area contributed by atoms with Gasteiger partial charge in [0, 0.05) is 18.8 Å². The van der Waals surface area contributed by atoms with Gasteiger partial charge < -0.3 is 9.88 Å². The zero-order chi connectivity index (χ0) is 12.7. The Labute approximate surface area is 106 Å². The van der Waals surface area contributed by atoms with Crippen LogP contribution in [0.2, 0.25) is 0 Å². The molecule has 1 aromatic rings. The number of nitrogens with zero attached hydrogens (tertiary/aromatic N) is 2. The van der Waals surface area contributed by atoms with E-state index in [-0.39, 0.29) is 0 Å². The summed E-state index contributed by atoms with van der Waals surface area (Å²) in [6.07, 6.45) is 8.46. The molecule has 1 atom stereocenters. The Morgan fingerprint density at radius 2 is 2.06 bits per heavy atom. The van der Waals surface area contributed by atoms with Gasteiger partial charge in [-0.2, -0.15) is 0 Å². The molecule has 1 aromatic heterocycles. The Morgan fingerprint density at radius 3 is 2.71 bits per heavy atom. The van der Waals surface area contributed by atoms with Crippen molar-refractivity contribution in [3.63, 3.8) is 0 Å². The molecule has 0 fully saturated rings. The molecule has 1 N–H and O–H groups in total. The fraction of sp³-hybridized carbons (Fsp3) is 0.786. The molecule has 1 rings (SSSR count). The van der Waals surface area contributed by atoms with Crippen LogP contribution in [0.4, 0.5) is 5.95 Å². The van der Waals surface area contributed by atoms with Crippen molar-refractivity contribution in [1.82, 2.24) is 9.55 Å². The molecule has 0 spiro atoms. The van der Waals surface area contributed by atoms with Gasteiger partial charge in [-0.1, -0.05) is 33.1 Å². The smallest absolute Gasteiger partial charge is 0.203 e. The van der Waals surface area contributed by atoms with Gasteiger partial charge in [0.15, 0.2) is 0 Å². The summed E-state index contributed by atoms with van der Waals surface area (Å²) in [5.74, 6) is 1.04. The largest absolute Gasteiger partial charge is 0.356 e. The van der Waals surface area contributed by atoms with E-state index in [2.05, 4.69) is 48.8 Å². The first-order chi connectivity index (χ1) is 8.19. The van der Waals surface area contributed by atoms with Gasteiger partial charge in [-0.05, 0) is 26.7 Å². The predicted molar refractivity (Wildman–Crippen MR) is 74.6 cm³/mol. The quantitative estimate of drug-likeness (QED) is 0.688. The summed E-state index contributed by atoms with van der Waals surface area (Å²) < 4.78 is 2.29. The van der Waals surface area contributed by atoms with E-state index in [4.69, 9.17) is 0 Å². The number of nitrogens with one attached hydrogen (secondary N) is 1. The third-order valence-electron chi connectivity index (χ3n) is 3.09. The van der Waals surface area contributed by atoms with Gasteiger partial charge in [-0.3, -0.25) is 0 Å². The lowest BCUT2D eigenvalue weighted by Gasteiger charge is -2.16. The number of aryl methyl sites for hydroxylation is 1. The molecule has 98 valence electrons. The number of anilines is 1. The fourth-order valence-electron chi connectivity index (χ4n) is 2.05. The molecule has 1 unspecified atom stereocenters. The Morgan fingerprint density at radius 1 is 1.29 bits per heavy atom. The lowest BCUT2D eigenvalue weighted by molar-refractivity contribution is 0.480. The number of unbranched alkanes of at least 4 members (excludes halogenated alkanes) is 2. The first kappa shape index (κ1) is 14.1. The summed E-state index contributed by atoms with van der Waals surface area (Å²) in [5.41, 5.74) is 1.10. The molecule has 17 heavy (non-hydrogen) atoms. The van der Waals surface area contributed by atoms with Crippen LogP contribution in [0.1, 0.15) is 64.6 Å². The van der Waals surface area contributed by atoms with E-state index in [1.54, 1.807) is 0 Å². The monoisotopic (exact) mass is 237 g/mol. The normalized spacial score (nSPS) is 12.7. The molecule has 0 aliphatic carbocycles. The standard InChI is InChI=1S/C14H27N3/c1-5-7-8-9-13(4)17-11-12(3)16-14(17)15-10-6-2/h11,13H,5-10H2,1-4H3,(H,15,16). The van der Waals surface area contributed by atoms with Crippen molar-refractivity contribution in [3.8, 4) is 0 Å². The molecule has 0 saturated carbocycles. The second-order valence-electron chi connectivity index (χ2n) is 4.88. The molecule has 3 heteroatoms. The van der Waals surface area contributed by atoms with E-state index in [1.165, 1.54) is 25.7 Å². The van der Waals surface area contributed by atoms with Gasteiger partial charge in [-0.15, -0.1) is 0 Å². The van der Waals surface area contributed by atoms with Crippen molar-refractivity contribution in [2.45, 2.75) is 65.8 Å². The highest BCUT2D eigenvalue weighted by atomic mass is 15.2. The van der Waals surface area contributed by atoms with Crippen molar-refractivity contribution in [2.75, 3.05) is 11.9 Å². The summed E-state index contributed by atoms with van der Waals surface area (Å²) in [6.45, 7) is 9.77. The summed E-state index contributed by atoms with van der Waals surface area (Å²) in [7, 11) is 0. The molecule has 0 aromatic carbocycles. The molecular weight excluding hydrogens is 210 g/mol. The van der Waals surface area contributed by atoms with E-state index in [1.807, 2.05) is 0 Å². The van der Waals surface area contributed by atoms with E-state index in [9.17, 15) is 0 Å². The van der Waals surface area contributed by atoms with Gasteiger partial charge >= 0.3 is 0 Å². The SMILES string of the molecule is CCCCCC(C)n1cc(C)nc1NCCC. The zero-order valence-corrected chi connectivity index (χ0v) is 11.8. The Hall–Kier alpha value is -0.990. The second-order valence-corrected chi connectivity index (χ2v) is 4.88. The molecule has 0 amide bonds. The molecule has 0 saturated heterocycles. The first-order valence-electron chi connectivity index (χ1n) is 6.98. The van der Waals surface area contributed by atoms with Crippen LogP contribution >= 0.6 is 0 Å². The molecular formula is C14H27N3. The van der Waals surface area contributed by atoms with Crippen molar-refractivity contribution < 1.29 is 0 Å². The maximum Gasteiger partial charge on any atom is 0.203 e. The minimum atomic E-state index is 0.544. The Bertz CT molecular complexity index is 317. The lowest BCUT2D eigenvalue weighted by atomic mass is 10.1. The van der Waals surface area contributed by atoms with Crippen molar-refractivity contribution in [1.29, 1.82) is 0 Å². The fourth-order valence-corrected chi connectivity index (χ4v) is 2.05. The Balaban J connectivity index is 2.60. The zero-order valence-electron chi connectivity index (χ0n) is 11.8.